The third-order valence-corrected chi connectivity index (χ3v) is 5.88. The predicted octanol–water partition coefficient (Wildman–Crippen LogP) is 3.15. The Balaban J connectivity index is 1.55. The van der Waals surface area contributed by atoms with Crippen LogP contribution in [-0.4, -0.2) is 46.9 Å². The summed E-state index contributed by atoms with van der Waals surface area (Å²) in [6, 6.07) is 13.6. The Kier molecular flexibility index (Phi) is 6.42. The lowest BCUT2D eigenvalue weighted by Gasteiger charge is -2.22. The Morgan fingerprint density at radius 1 is 1.13 bits per heavy atom. The third-order valence-electron chi connectivity index (χ3n) is 5.88. The van der Waals surface area contributed by atoms with Gasteiger partial charge in [0, 0.05) is 24.9 Å². The highest BCUT2D eigenvalue weighted by Gasteiger charge is 2.30. The summed E-state index contributed by atoms with van der Waals surface area (Å²) in [7, 11) is 1.42. The number of hydrogen-bond donors (Lipinski definition) is 0. The van der Waals surface area contributed by atoms with E-state index in [1.165, 1.54) is 23.9 Å². The Labute approximate surface area is 180 Å². The Morgan fingerprint density at radius 2 is 1.87 bits per heavy atom. The van der Waals surface area contributed by atoms with Gasteiger partial charge >= 0.3 is 5.97 Å². The van der Waals surface area contributed by atoms with Crippen molar-refractivity contribution < 1.29 is 13.9 Å². The first-order valence-electron chi connectivity index (χ1n) is 10.6. The first-order chi connectivity index (χ1) is 15.1. The van der Waals surface area contributed by atoms with Gasteiger partial charge in [0.05, 0.1) is 18.2 Å². The molecule has 162 valence electrons. The molecule has 31 heavy (non-hydrogen) atoms. The van der Waals surface area contributed by atoms with E-state index in [2.05, 4.69) is 10.00 Å². The normalized spacial score (nSPS) is 16.6. The Morgan fingerprint density at radius 3 is 2.61 bits per heavy atom. The van der Waals surface area contributed by atoms with E-state index in [-0.39, 0.29) is 23.4 Å². The fourth-order valence-corrected chi connectivity index (χ4v) is 4.30. The highest BCUT2D eigenvalue weighted by Crippen LogP contribution is 2.20. The number of benzene rings is 2. The number of fused-ring (bicyclic) bond motifs is 1. The maximum Gasteiger partial charge on any atom is 0.323 e. The number of esters is 1. The summed E-state index contributed by atoms with van der Waals surface area (Å²) in [5.74, 6) is -0.473. The summed E-state index contributed by atoms with van der Waals surface area (Å²) in [6.07, 6.45) is 2.99. The molecule has 0 bridgehead atoms. The maximum absolute atomic E-state index is 13.3. The van der Waals surface area contributed by atoms with Crippen molar-refractivity contribution in [2.75, 3.05) is 20.2 Å². The van der Waals surface area contributed by atoms with E-state index in [1.807, 2.05) is 24.3 Å². The van der Waals surface area contributed by atoms with Crippen molar-refractivity contribution in [2.24, 2.45) is 0 Å². The predicted molar refractivity (Wildman–Crippen MR) is 116 cm³/mol. The molecule has 0 N–H and O–H groups in total. The van der Waals surface area contributed by atoms with Gasteiger partial charge in [-0.3, -0.25) is 14.5 Å². The van der Waals surface area contributed by atoms with Crippen molar-refractivity contribution in [3.05, 3.63) is 76.0 Å². The van der Waals surface area contributed by atoms with Gasteiger partial charge < -0.3 is 4.74 Å². The molecule has 1 saturated heterocycles. The quantitative estimate of drug-likeness (QED) is 0.547. The zero-order valence-corrected chi connectivity index (χ0v) is 17.6. The van der Waals surface area contributed by atoms with Gasteiger partial charge in [-0.05, 0) is 49.6 Å². The average Bonchev–Trinajstić information content (AvgIpc) is 3.26. The van der Waals surface area contributed by atoms with E-state index in [1.54, 1.807) is 12.1 Å². The number of likely N-dealkylation sites (tertiary alicyclic amines) is 1. The molecule has 1 aromatic heterocycles. The van der Waals surface area contributed by atoms with E-state index < -0.39 is 0 Å². The fraction of sp³-hybridized carbons (Fsp3) is 0.375. The standard InChI is InChI=1S/C24H26FN3O3/c1-31-24(30)22-8-4-13-27(22)14-5-15-28-23(29)20-7-3-2-6-19(20)21(26-28)16-17-9-11-18(25)12-10-17/h2-3,6-7,9-12,22H,4-5,8,13-16H2,1H3. The van der Waals surface area contributed by atoms with Crippen LogP contribution in [0.1, 0.15) is 30.5 Å². The van der Waals surface area contributed by atoms with Crippen molar-refractivity contribution in [3.63, 3.8) is 0 Å². The molecule has 1 aliphatic heterocycles. The van der Waals surface area contributed by atoms with Gasteiger partial charge in [-0.25, -0.2) is 9.07 Å². The molecule has 1 atom stereocenters. The van der Waals surface area contributed by atoms with Gasteiger partial charge in [0.1, 0.15) is 11.9 Å². The fourth-order valence-electron chi connectivity index (χ4n) is 4.30. The number of aromatic nitrogens is 2. The molecule has 2 heterocycles. The van der Waals surface area contributed by atoms with Crippen LogP contribution in [0.25, 0.3) is 10.8 Å². The second-order valence-electron chi connectivity index (χ2n) is 7.89. The highest BCUT2D eigenvalue weighted by atomic mass is 19.1. The molecule has 4 rings (SSSR count). The molecule has 1 fully saturated rings. The largest absolute Gasteiger partial charge is 0.468 e. The van der Waals surface area contributed by atoms with Crippen LogP contribution in [0, 0.1) is 5.82 Å². The van der Waals surface area contributed by atoms with E-state index in [0.29, 0.717) is 31.3 Å². The van der Waals surface area contributed by atoms with Gasteiger partial charge in [0.25, 0.3) is 5.56 Å². The lowest BCUT2D eigenvalue weighted by Crippen LogP contribution is -2.38. The molecule has 0 aliphatic carbocycles. The second kappa shape index (κ2) is 9.39. The monoisotopic (exact) mass is 423 g/mol. The minimum Gasteiger partial charge on any atom is -0.468 e. The van der Waals surface area contributed by atoms with Crippen LogP contribution in [0.5, 0.6) is 0 Å². The lowest BCUT2D eigenvalue weighted by molar-refractivity contribution is -0.145. The number of hydrogen-bond acceptors (Lipinski definition) is 5. The van der Waals surface area contributed by atoms with Crippen LogP contribution in [0.3, 0.4) is 0 Å². The van der Waals surface area contributed by atoms with Crippen LogP contribution < -0.4 is 5.56 Å². The molecule has 1 aliphatic rings. The van der Waals surface area contributed by atoms with Gasteiger partial charge in [-0.1, -0.05) is 30.3 Å². The molecule has 2 aromatic carbocycles. The number of nitrogens with zero attached hydrogens (tertiary/aromatic N) is 3. The van der Waals surface area contributed by atoms with Crippen LogP contribution >= 0.6 is 0 Å². The summed E-state index contributed by atoms with van der Waals surface area (Å²) in [4.78, 5) is 27.1. The molecule has 1 unspecified atom stereocenters. The van der Waals surface area contributed by atoms with Crippen molar-refractivity contribution in [1.29, 1.82) is 0 Å². The molecular formula is C24H26FN3O3. The molecule has 0 amide bonds. The van der Waals surface area contributed by atoms with Gasteiger partial charge in [0.15, 0.2) is 0 Å². The molecule has 0 radical (unpaired) electrons. The minimum absolute atomic E-state index is 0.121. The number of carbonyl (C=O) groups is 1. The highest BCUT2D eigenvalue weighted by molar-refractivity contribution is 5.83. The summed E-state index contributed by atoms with van der Waals surface area (Å²) in [6.45, 7) is 2.02. The zero-order valence-electron chi connectivity index (χ0n) is 17.6. The SMILES string of the molecule is COC(=O)C1CCCN1CCCn1nc(Cc2ccc(F)cc2)c2ccccc2c1=O. The lowest BCUT2D eigenvalue weighted by atomic mass is 10.0. The van der Waals surface area contributed by atoms with Gasteiger partial charge in [0.2, 0.25) is 0 Å². The van der Waals surface area contributed by atoms with Crippen molar-refractivity contribution in [2.45, 2.75) is 38.3 Å². The smallest absolute Gasteiger partial charge is 0.323 e. The molecular weight excluding hydrogens is 397 g/mol. The van der Waals surface area contributed by atoms with Crippen LogP contribution in [-0.2, 0) is 22.5 Å². The summed E-state index contributed by atoms with van der Waals surface area (Å²) >= 11 is 0. The Hall–Kier alpha value is -3.06. The van der Waals surface area contributed by atoms with E-state index in [9.17, 15) is 14.0 Å². The molecule has 0 saturated carbocycles. The number of halogens is 1. The number of carbonyl (C=O) groups excluding carboxylic acids is 1. The topological polar surface area (TPSA) is 64.4 Å². The van der Waals surface area contributed by atoms with Crippen LogP contribution in [0.15, 0.2) is 53.3 Å². The molecule has 3 aromatic rings. The molecule has 7 heteroatoms. The summed E-state index contributed by atoms with van der Waals surface area (Å²) < 4.78 is 19.7. The first kappa shape index (κ1) is 21.2. The first-order valence-corrected chi connectivity index (χ1v) is 10.6. The van der Waals surface area contributed by atoms with Crippen molar-refractivity contribution in [1.82, 2.24) is 14.7 Å². The number of methoxy groups -OCH3 is 1. The summed E-state index contributed by atoms with van der Waals surface area (Å²) in [5, 5.41) is 6.10. The van der Waals surface area contributed by atoms with E-state index >= 15 is 0 Å². The van der Waals surface area contributed by atoms with Crippen LogP contribution in [0.2, 0.25) is 0 Å². The van der Waals surface area contributed by atoms with E-state index in [0.717, 1.165) is 36.0 Å². The molecule has 0 spiro atoms. The third kappa shape index (κ3) is 4.66. The van der Waals surface area contributed by atoms with Gasteiger partial charge in [-0.15, -0.1) is 0 Å². The average molecular weight is 423 g/mol. The van der Waals surface area contributed by atoms with Crippen molar-refractivity contribution >= 4 is 16.7 Å². The number of aryl methyl sites for hydroxylation is 1. The van der Waals surface area contributed by atoms with E-state index in [4.69, 9.17) is 4.74 Å². The van der Waals surface area contributed by atoms with Gasteiger partial charge in [-0.2, -0.15) is 5.10 Å². The number of rotatable bonds is 7. The van der Waals surface area contributed by atoms with Crippen molar-refractivity contribution in [3.8, 4) is 0 Å². The number of ether oxygens (including phenoxy) is 1. The Bertz CT molecular complexity index is 1130. The minimum atomic E-state index is -0.279. The molecule has 6 nitrogen and oxygen atoms in total. The zero-order chi connectivity index (χ0) is 21.8. The maximum atomic E-state index is 13.3. The second-order valence-corrected chi connectivity index (χ2v) is 7.89. The summed E-state index contributed by atoms with van der Waals surface area (Å²) in [5.41, 5.74) is 1.60. The van der Waals surface area contributed by atoms with Crippen LogP contribution in [0.4, 0.5) is 4.39 Å².